The zero-order valence-corrected chi connectivity index (χ0v) is 24.9. The van der Waals surface area contributed by atoms with E-state index in [0.717, 1.165) is 44.6 Å². The summed E-state index contributed by atoms with van der Waals surface area (Å²) in [7, 11) is 1.71. The lowest BCUT2D eigenvalue weighted by Gasteiger charge is -2.45. The van der Waals surface area contributed by atoms with Gasteiger partial charge in [-0.3, -0.25) is 14.6 Å². The topological polar surface area (TPSA) is 86.1 Å². The van der Waals surface area contributed by atoms with Crippen LogP contribution in [0.4, 0.5) is 14.9 Å². The second kappa shape index (κ2) is 12.4. The Labute approximate surface area is 238 Å². The Bertz CT molecular complexity index is 1100. The van der Waals surface area contributed by atoms with Crippen LogP contribution in [0.5, 0.6) is 0 Å². The van der Waals surface area contributed by atoms with Crippen molar-refractivity contribution in [3.05, 3.63) is 29.6 Å². The van der Waals surface area contributed by atoms with Gasteiger partial charge in [-0.25, -0.2) is 9.18 Å². The molecule has 0 N–H and O–H groups in total. The second-order valence-electron chi connectivity index (χ2n) is 12.9. The molecule has 2 saturated heterocycles. The van der Waals surface area contributed by atoms with Gasteiger partial charge in [0.2, 0.25) is 0 Å². The molecule has 2 bridgehead atoms. The number of hydrogen-bond donors (Lipinski definition) is 0. The molecule has 220 valence electrons. The van der Waals surface area contributed by atoms with Crippen molar-refractivity contribution >= 4 is 17.6 Å². The summed E-state index contributed by atoms with van der Waals surface area (Å²) in [5.41, 5.74) is 0.602. The van der Waals surface area contributed by atoms with Gasteiger partial charge >= 0.3 is 6.09 Å². The van der Waals surface area contributed by atoms with Crippen LogP contribution in [0.2, 0.25) is 0 Å². The van der Waals surface area contributed by atoms with Crippen LogP contribution in [-0.4, -0.2) is 84.8 Å². The molecule has 6 atom stereocenters. The van der Waals surface area contributed by atoms with E-state index in [1.807, 2.05) is 26.8 Å². The third-order valence-electron chi connectivity index (χ3n) is 8.67. The van der Waals surface area contributed by atoms with Crippen molar-refractivity contribution in [1.82, 2.24) is 9.80 Å². The van der Waals surface area contributed by atoms with Gasteiger partial charge in [-0.15, -0.1) is 0 Å². The van der Waals surface area contributed by atoms with E-state index in [1.165, 1.54) is 0 Å². The number of hydrogen-bond acceptors (Lipinski definition) is 7. The Morgan fingerprint density at radius 1 is 1.18 bits per heavy atom. The Kier molecular flexibility index (Phi) is 9.41. The summed E-state index contributed by atoms with van der Waals surface area (Å²) in [6.45, 7) is 12.9. The number of fused-ring (bicyclic) bond motifs is 2. The molecule has 4 rings (SSSR count). The molecule has 1 saturated carbocycles. The number of piperazine rings is 1. The number of ether oxygens (including phenoxy) is 2. The molecule has 3 aliphatic rings. The minimum atomic E-state index is -0.670. The molecular weight excluding hydrogens is 511 g/mol. The fraction of sp³-hybridized carbons (Fsp3) is 0.710. The van der Waals surface area contributed by atoms with Crippen molar-refractivity contribution in [3.8, 4) is 6.07 Å². The minimum Gasteiger partial charge on any atom is -0.444 e. The number of amides is 1. The van der Waals surface area contributed by atoms with Gasteiger partial charge in [-0.05, 0) is 83.9 Å². The zero-order chi connectivity index (χ0) is 29.2. The number of benzene rings is 1. The first kappa shape index (κ1) is 30.3. The summed E-state index contributed by atoms with van der Waals surface area (Å²) in [6.07, 6.45) is 2.23. The van der Waals surface area contributed by atoms with Crippen LogP contribution >= 0.6 is 0 Å². The van der Waals surface area contributed by atoms with E-state index in [-0.39, 0.29) is 36.4 Å². The van der Waals surface area contributed by atoms with Crippen LogP contribution in [-0.2, 0) is 20.7 Å². The number of nitrogens with zero attached hydrogens (tertiary/aromatic N) is 4. The van der Waals surface area contributed by atoms with Crippen molar-refractivity contribution in [1.29, 1.82) is 5.26 Å². The Hall–Kier alpha value is -2.70. The molecular formula is C31H45FN4O4. The summed E-state index contributed by atoms with van der Waals surface area (Å²) in [4.78, 5) is 32.6. The van der Waals surface area contributed by atoms with Crippen molar-refractivity contribution in [2.75, 3.05) is 38.3 Å². The number of carbonyl (C=O) groups is 2. The van der Waals surface area contributed by atoms with Gasteiger partial charge in [0, 0.05) is 57.0 Å². The van der Waals surface area contributed by atoms with Crippen molar-refractivity contribution < 1.29 is 23.5 Å². The van der Waals surface area contributed by atoms with Crippen LogP contribution in [0.1, 0.15) is 65.9 Å². The monoisotopic (exact) mass is 556 g/mol. The highest BCUT2D eigenvalue weighted by Gasteiger charge is 2.52. The van der Waals surface area contributed by atoms with Gasteiger partial charge in [0.25, 0.3) is 0 Å². The number of Topliss-reactive ketones (excluding diaryl/α,β-unsaturated/α-hetero) is 1. The fourth-order valence-corrected chi connectivity index (χ4v) is 6.88. The van der Waals surface area contributed by atoms with Gasteiger partial charge in [-0.2, -0.15) is 5.26 Å². The molecule has 2 heterocycles. The van der Waals surface area contributed by atoms with Crippen molar-refractivity contribution in [2.24, 2.45) is 11.8 Å². The van der Waals surface area contributed by atoms with Gasteiger partial charge in [0.1, 0.15) is 11.4 Å². The van der Waals surface area contributed by atoms with E-state index in [2.05, 4.69) is 29.7 Å². The average Bonchev–Trinajstić information content (AvgIpc) is 3.50. The summed E-state index contributed by atoms with van der Waals surface area (Å²) in [5.74, 6) is -1.06. The molecule has 0 spiro atoms. The first-order valence-electron chi connectivity index (χ1n) is 14.6. The number of methoxy groups -OCH3 is 1. The van der Waals surface area contributed by atoms with E-state index in [4.69, 9.17) is 9.47 Å². The number of piperidine rings is 1. The van der Waals surface area contributed by atoms with Crippen LogP contribution in [0.25, 0.3) is 0 Å². The number of rotatable bonds is 9. The van der Waals surface area contributed by atoms with Crippen LogP contribution in [0, 0.1) is 29.0 Å². The molecule has 9 heteroatoms. The standard InChI is InChI=1S/C31H45FN4O4/c1-20-18-34(19-21(2)35(20)11-12-39-6)25-9-7-23(27(32)16-25)13-22(17-33)14-28(37)29-24-8-10-26(15-24)36(29)30(38)40-31(3,4)5/h7,9,16,20-22,24,26,29H,8,10-15,18-19H2,1-6H3/t20?,21?,22-,24+,26-,29+/m1/s1. The zero-order valence-electron chi connectivity index (χ0n) is 24.9. The maximum atomic E-state index is 15.3. The number of nitriles is 1. The highest BCUT2D eigenvalue weighted by Crippen LogP contribution is 2.44. The summed E-state index contributed by atoms with van der Waals surface area (Å²) in [6, 6.07) is 7.49. The van der Waals surface area contributed by atoms with E-state index in [0.29, 0.717) is 24.3 Å². The number of halogens is 1. The van der Waals surface area contributed by atoms with Crippen LogP contribution in [0.3, 0.4) is 0 Å². The summed E-state index contributed by atoms with van der Waals surface area (Å²) in [5, 5.41) is 9.88. The third kappa shape index (κ3) is 6.77. The number of likely N-dealkylation sites (tertiary alicyclic amines) is 1. The Morgan fingerprint density at radius 2 is 1.88 bits per heavy atom. The third-order valence-corrected chi connectivity index (χ3v) is 8.67. The van der Waals surface area contributed by atoms with Gasteiger partial charge in [0.05, 0.1) is 24.6 Å². The molecule has 1 aromatic carbocycles. The number of ketones is 1. The van der Waals surface area contributed by atoms with Gasteiger partial charge in [0.15, 0.2) is 5.78 Å². The van der Waals surface area contributed by atoms with E-state index in [9.17, 15) is 14.9 Å². The van der Waals surface area contributed by atoms with E-state index < -0.39 is 23.7 Å². The molecule has 40 heavy (non-hydrogen) atoms. The largest absolute Gasteiger partial charge is 0.444 e. The Balaban J connectivity index is 1.40. The maximum absolute atomic E-state index is 15.3. The summed E-state index contributed by atoms with van der Waals surface area (Å²) >= 11 is 0. The predicted octanol–water partition coefficient (Wildman–Crippen LogP) is 4.80. The lowest BCUT2D eigenvalue weighted by atomic mass is 9.88. The molecule has 1 aromatic rings. The molecule has 8 nitrogen and oxygen atoms in total. The van der Waals surface area contributed by atoms with Crippen LogP contribution < -0.4 is 4.90 Å². The minimum absolute atomic E-state index is 0.00612. The first-order valence-corrected chi connectivity index (χ1v) is 14.6. The maximum Gasteiger partial charge on any atom is 0.411 e. The van der Waals surface area contributed by atoms with Gasteiger partial charge in [-0.1, -0.05) is 6.07 Å². The second-order valence-corrected chi connectivity index (χ2v) is 12.9. The molecule has 1 amide bonds. The van der Waals surface area contributed by atoms with Crippen LogP contribution in [0.15, 0.2) is 18.2 Å². The molecule has 3 fully saturated rings. The molecule has 2 aliphatic heterocycles. The normalized spacial score (nSPS) is 27.5. The summed E-state index contributed by atoms with van der Waals surface area (Å²) < 4.78 is 26.2. The lowest BCUT2D eigenvalue weighted by Crippen LogP contribution is -2.57. The highest BCUT2D eigenvalue weighted by atomic mass is 19.1. The molecule has 1 aliphatic carbocycles. The highest BCUT2D eigenvalue weighted by molar-refractivity contribution is 5.89. The molecule has 0 aromatic heterocycles. The van der Waals surface area contributed by atoms with Crippen molar-refractivity contribution in [2.45, 2.75) is 96.5 Å². The molecule has 2 unspecified atom stereocenters. The molecule has 0 radical (unpaired) electrons. The fourth-order valence-electron chi connectivity index (χ4n) is 6.88. The quantitative estimate of drug-likeness (QED) is 0.432. The average molecular weight is 557 g/mol. The lowest BCUT2D eigenvalue weighted by molar-refractivity contribution is -0.126. The first-order chi connectivity index (χ1) is 18.9. The Morgan fingerprint density at radius 3 is 2.48 bits per heavy atom. The van der Waals surface area contributed by atoms with Gasteiger partial charge < -0.3 is 14.4 Å². The number of anilines is 1. The predicted molar refractivity (Wildman–Crippen MR) is 152 cm³/mol. The smallest absolute Gasteiger partial charge is 0.411 e. The van der Waals surface area contributed by atoms with E-state index in [1.54, 1.807) is 24.1 Å². The van der Waals surface area contributed by atoms with Crippen molar-refractivity contribution in [3.63, 3.8) is 0 Å². The van der Waals surface area contributed by atoms with E-state index >= 15 is 4.39 Å². The number of carbonyl (C=O) groups excluding carboxylic acids is 2. The SMILES string of the molecule is COCCN1C(C)CN(c2ccc(C[C@@H](C#N)CC(=O)[C@@H]3[C@H]4CC[C@H](C4)N3C(=O)OC(C)(C)C)c(F)c2)CC1C.